The van der Waals surface area contributed by atoms with Crippen LogP contribution in [0.25, 0.3) is 21.5 Å². The van der Waals surface area contributed by atoms with Crippen molar-refractivity contribution in [1.29, 1.82) is 0 Å². The van der Waals surface area contributed by atoms with Crippen molar-refractivity contribution in [2.75, 3.05) is 0 Å². The first-order valence-corrected chi connectivity index (χ1v) is 12.8. The second-order valence-corrected chi connectivity index (χ2v) is 9.60. The molecule has 0 radical (unpaired) electrons. The molecule has 192 valence electrons. The molecule has 0 saturated carbocycles. The molecule has 6 nitrogen and oxygen atoms in total. The molecule has 0 aliphatic heterocycles. The highest BCUT2D eigenvalue weighted by Gasteiger charge is 2.25. The Labute approximate surface area is 215 Å². The molecule has 0 amide bonds. The summed E-state index contributed by atoms with van der Waals surface area (Å²) in [5.41, 5.74) is 2.26. The van der Waals surface area contributed by atoms with E-state index >= 15 is 0 Å². The van der Waals surface area contributed by atoms with Gasteiger partial charge in [0.1, 0.15) is 22.6 Å². The predicted octanol–water partition coefficient (Wildman–Crippen LogP) is 7.08. The van der Waals surface area contributed by atoms with Crippen LogP contribution in [-0.4, -0.2) is 32.4 Å². The van der Waals surface area contributed by atoms with Crippen LogP contribution in [0.4, 0.5) is 0 Å². The Morgan fingerprint density at radius 3 is 1.41 bits per heavy atom. The maximum Gasteiger partial charge on any atom is 0.339 e. The van der Waals surface area contributed by atoms with Crippen LogP contribution < -0.4 is 0 Å². The summed E-state index contributed by atoms with van der Waals surface area (Å²) in [5, 5.41) is 44.1. The molecule has 0 fully saturated rings. The summed E-state index contributed by atoms with van der Waals surface area (Å²) >= 11 is 0. The summed E-state index contributed by atoms with van der Waals surface area (Å²) in [4.78, 5) is 24.5. The first kappa shape index (κ1) is 26.0. The van der Waals surface area contributed by atoms with E-state index in [1.54, 1.807) is 0 Å². The van der Waals surface area contributed by atoms with Gasteiger partial charge in [-0.05, 0) is 81.6 Å². The van der Waals surface area contributed by atoms with E-state index in [4.69, 9.17) is 0 Å². The minimum atomic E-state index is -1.30. The van der Waals surface area contributed by atoms with Gasteiger partial charge in [-0.2, -0.15) is 0 Å². The van der Waals surface area contributed by atoms with Gasteiger partial charge in [0, 0.05) is 6.42 Å². The minimum Gasteiger partial charge on any atom is -0.507 e. The van der Waals surface area contributed by atoms with Crippen molar-refractivity contribution in [2.45, 2.75) is 58.8 Å². The van der Waals surface area contributed by atoms with Crippen LogP contribution in [0.5, 0.6) is 11.5 Å². The van der Waals surface area contributed by atoms with Crippen LogP contribution in [0.3, 0.4) is 0 Å². The number of rotatable bonds is 10. The van der Waals surface area contributed by atoms with E-state index in [-0.39, 0.29) is 29.0 Å². The maximum absolute atomic E-state index is 12.3. The molecule has 0 aromatic heterocycles. The number of fused-ring (bicyclic) bond motifs is 2. The van der Waals surface area contributed by atoms with Crippen molar-refractivity contribution in [3.05, 3.63) is 81.9 Å². The third-order valence-corrected chi connectivity index (χ3v) is 7.00. The Hall–Kier alpha value is -4.06. The van der Waals surface area contributed by atoms with Crippen LogP contribution in [0.1, 0.15) is 82.5 Å². The number of benzene rings is 4. The van der Waals surface area contributed by atoms with Gasteiger partial charge >= 0.3 is 11.9 Å². The van der Waals surface area contributed by atoms with Crippen LogP contribution in [-0.2, 0) is 19.3 Å². The molecule has 0 spiro atoms. The number of hydrogen-bond acceptors (Lipinski definition) is 4. The highest BCUT2D eigenvalue weighted by molar-refractivity contribution is 6.04. The average molecular weight is 501 g/mol. The van der Waals surface area contributed by atoms with Gasteiger partial charge in [0.15, 0.2) is 0 Å². The molecule has 0 aliphatic carbocycles. The van der Waals surface area contributed by atoms with Crippen molar-refractivity contribution < 1.29 is 30.0 Å². The van der Waals surface area contributed by atoms with Gasteiger partial charge in [0.2, 0.25) is 0 Å². The molecule has 4 aromatic rings. The zero-order valence-corrected chi connectivity index (χ0v) is 21.2. The summed E-state index contributed by atoms with van der Waals surface area (Å²) in [6, 6.07) is 14.4. The molecule has 0 saturated heterocycles. The Morgan fingerprint density at radius 1 is 0.649 bits per heavy atom. The number of carboxylic acid groups (broad SMARTS) is 2. The fourth-order valence-corrected chi connectivity index (χ4v) is 5.12. The van der Waals surface area contributed by atoms with E-state index in [2.05, 4.69) is 13.8 Å². The Balaban J connectivity index is 1.97. The fourth-order valence-electron chi connectivity index (χ4n) is 5.12. The van der Waals surface area contributed by atoms with Gasteiger partial charge in [0.25, 0.3) is 0 Å². The highest BCUT2D eigenvalue weighted by Crippen LogP contribution is 2.38. The predicted molar refractivity (Wildman–Crippen MR) is 145 cm³/mol. The number of phenols is 2. The Morgan fingerprint density at radius 2 is 1.05 bits per heavy atom. The van der Waals surface area contributed by atoms with Gasteiger partial charge in [-0.25, -0.2) is 9.59 Å². The van der Waals surface area contributed by atoms with E-state index < -0.39 is 11.9 Å². The third kappa shape index (κ3) is 5.24. The molecular formula is C31H32O6. The largest absolute Gasteiger partial charge is 0.507 e. The van der Waals surface area contributed by atoms with E-state index in [9.17, 15) is 30.0 Å². The van der Waals surface area contributed by atoms with Gasteiger partial charge in [-0.1, -0.05) is 63.1 Å². The van der Waals surface area contributed by atoms with E-state index in [0.717, 1.165) is 49.7 Å². The summed E-state index contributed by atoms with van der Waals surface area (Å²) < 4.78 is 0. The zero-order chi connectivity index (χ0) is 26.7. The number of aromatic carboxylic acids is 2. The van der Waals surface area contributed by atoms with Crippen LogP contribution >= 0.6 is 0 Å². The first-order valence-electron chi connectivity index (χ1n) is 12.8. The van der Waals surface area contributed by atoms with Crippen molar-refractivity contribution in [1.82, 2.24) is 0 Å². The van der Waals surface area contributed by atoms with Crippen LogP contribution in [0.15, 0.2) is 48.5 Å². The van der Waals surface area contributed by atoms with E-state index in [1.807, 2.05) is 36.4 Å². The quantitative estimate of drug-likeness (QED) is 0.185. The molecule has 0 aliphatic rings. The lowest BCUT2D eigenvalue weighted by Crippen LogP contribution is -2.09. The summed E-state index contributed by atoms with van der Waals surface area (Å²) in [7, 11) is 0. The summed E-state index contributed by atoms with van der Waals surface area (Å²) in [5.74, 6) is -3.34. The van der Waals surface area contributed by atoms with Crippen LogP contribution in [0, 0.1) is 0 Å². The second kappa shape index (κ2) is 10.9. The molecule has 0 heterocycles. The number of unbranched alkanes of at least 4 members (excludes halogenated alkanes) is 2. The second-order valence-electron chi connectivity index (χ2n) is 9.60. The van der Waals surface area contributed by atoms with Crippen molar-refractivity contribution in [3.63, 3.8) is 0 Å². The summed E-state index contributed by atoms with van der Waals surface area (Å²) in [6.45, 7) is 4.22. The lowest BCUT2D eigenvalue weighted by molar-refractivity contribution is 0.0683. The molecule has 0 unspecified atom stereocenters. The molecule has 0 bridgehead atoms. The van der Waals surface area contributed by atoms with Gasteiger partial charge in [-0.15, -0.1) is 0 Å². The van der Waals surface area contributed by atoms with E-state index in [1.165, 1.54) is 12.1 Å². The molecular weight excluding hydrogens is 468 g/mol. The SMILES string of the molecule is CCCCc1ccc2c(Cc3c(C(=O)O)c(O)cc4cc(CCCC)ccc34)c(C(=O)O)c(O)cc2c1. The van der Waals surface area contributed by atoms with Gasteiger partial charge in [0.05, 0.1) is 0 Å². The van der Waals surface area contributed by atoms with Crippen molar-refractivity contribution in [3.8, 4) is 11.5 Å². The Kier molecular flexibility index (Phi) is 7.67. The number of aryl methyl sites for hydroxylation is 2. The maximum atomic E-state index is 12.3. The normalized spacial score (nSPS) is 11.3. The van der Waals surface area contributed by atoms with Gasteiger partial charge in [-0.3, -0.25) is 0 Å². The molecule has 4 rings (SSSR count). The highest BCUT2D eigenvalue weighted by atomic mass is 16.4. The van der Waals surface area contributed by atoms with E-state index in [0.29, 0.717) is 32.7 Å². The average Bonchev–Trinajstić information content (AvgIpc) is 2.85. The fraction of sp³-hybridized carbons (Fsp3) is 0.290. The minimum absolute atomic E-state index is 0.0817. The number of aromatic hydroxyl groups is 2. The van der Waals surface area contributed by atoms with Crippen molar-refractivity contribution in [2.24, 2.45) is 0 Å². The zero-order valence-electron chi connectivity index (χ0n) is 21.2. The standard InChI is InChI=1S/C31H32O6/c1-3-5-7-18-9-11-22-20(13-18)15-26(32)28(30(34)35)24(22)17-25-23-12-10-19(8-6-4-2)14-21(23)16-27(33)29(25)31(36)37/h9-16,32-33H,3-8,17H2,1-2H3,(H,34,35)(H,36,37). The Bertz CT molecular complexity index is 1390. The smallest absolute Gasteiger partial charge is 0.339 e. The molecule has 6 heteroatoms. The molecule has 37 heavy (non-hydrogen) atoms. The lowest BCUT2D eigenvalue weighted by atomic mass is 9.87. The third-order valence-electron chi connectivity index (χ3n) is 7.00. The molecule has 0 atom stereocenters. The van der Waals surface area contributed by atoms with Gasteiger partial charge < -0.3 is 20.4 Å². The number of carboxylic acids is 2. The number of carbonyl (C=O) groups is 2. The van der Waals surface area contributed by atoms with Crippen LogP contribution in [0.2, 0.25) is 0 Å². The monoisotopic (exact) mass is 500 g/mol. The molecule has 4 N–H and O–H groups in total. The topological polar surface area (TPSA) is 115 Å². The number of hydrogen-bond donors (Lipinski definition) is 4. The summed E-state index contributed by atoms with van der Waals surface area (Å²) in [6.07, 6.45) is 5.74. The lowest BCUT2D eigenvalue weighted by Gasteiger charge is -2.17. The van der Waals surface area contributed by atoms with Crippen molar-refractivity contribution >= 4 is 33.5 Å². The first-order chi connectivity index (χ1) is 17.7. The molecule has 4 aromatic carbocycles.